The zero-order valence-electron chi connectivity index (χ0n) is 17.8. The second-order valence-electron chi connectivity index (χ2n) is 7.38. The lowest BCUT2D eigenvalue weighted by Crippen LogP contribution is -2.35. The fourth-order valence-corrected chi connectivity index (χ4v) is 4.38. The van der Waals surface area contributed by atoms with Gasteiger partial charge < -0.3 is 4.90 Å². The van der Waals surface area contributed by atoms with Crippen molar-refractivity contribution >= 4 is 21.6 Å². The van der Waals surface area contributed by atoms with E-state index in [1.165, 1.54) is 29.2 Å². The Morgan fingerprint density at radius 2 is 1.61 bits per heavy atom. The number of nitrogens with zero attached hydrogens (tertiary/aromatic N) is 1. The highest BCUT2D eigenvalue weighted by atomic mass is 32.2. The number of alkyl halides is 3. The molecular formula is C24H23F3N2O3S. The van der Waals surface area contributed by atoms with E-state index in [1.807, 2.05) is 0 Å². The van der Waals surface area contributed by atoms with Crippen LogP contribution in [0.25, 0.3) is 0 Å². The first-order chi connectivity index (χ1) is 15.6. The Morgan fingerprint density at radius 3 is 2.27 bits per heavy atom. The van der Waals surface area contributed by atoms with Gasteiger partial charge in [0.2, 0.25) is 10.0 Å². The summed E-state index contributed by atoms with van der Waals surface area (Å²) in [5.41, 5.74) is 0.264. The molecule has 0 fully saturated rings. The quantitative estimate of drug-likeness (QED) is 0.464. The zero-order chi connectivity index (χ0) is 24.1. The molecule has 0 aliphatic carbocycles. The molecule has 0 saturated carbocycles. The molecule has 3 rings (SSSR count). The number of benzene rings is 3. The lowest BCUT2D eigenvalue weighted by atomic mass is 10.1. The summed E-state index contributed by atoms with van der Waals surface area (Å²) in [4.78, 5) is 14.6. The molecule has 5 nitrogen and oxygen atoms in total. The minimum Gasteiger partial charge on any atom is -0.308 e. The molecule has 1 amide bonds. The van der Waals surface area contributed by atoms with E-state index >= 15 is 0 Å². The van der Waals surface area contributed by atoms with E-state index in [4.69, 9.17) is 0 Å². The van der Waals surface area contributed by atoms with Crippen LogP contribution in [0.5, 0.6) is 0 Å². The van der Waals surface area contributed by atoms with E-state index in [9.17, 15) is 26.4 Å². The summed E-state index contributed by atoms with van der Waals surface area (Å²) in [6, 6.07) is 19.1. The van der Waals surface area contributed by atoms with E-state index < -0.39 is 27.7 Å². The van der Waals surface area contributed by atoms with E-state index in [2.05, 4.69) is 4.72 Å². The van der Waals surface area contributed by atoms with Crippen LogP contribution < -0.4 is 9.62 Å². The van der Waals surface area contributed by atoms with Crippen molar-refractivity contribution in [3.63, 3.8) is 0 Å². The lowest BCUT2D eigenvalue weighted by molar-refractivity contribution is -0.137. The van der Waals surface area contributed by atoms with Crippen LogP contribution in [-0.4, -0.2) is 27.4 Å². The van der Waals surface area contributed by atoms with Gasteiger partial charge in [-0.05, 0) is 55.3 Å². The maximum atomic E-state index is 13.2. The van der Waals surface area contributed by atoms with Crippen molar-refractivity contribution in [3.8, 4) is 0 Å². The van der Waals surface area contributed by atoms with Crippen molar-refractivity contribution in [1.82, 2.24) is 4.72 Å². The van der Waals surface area contributed by atoms with Gasteiger partial charge in [0.25, 0.3) is 5.91 Å². The largest absolute Gasteiger partial charge is 0.416 e. The topological polar surface area (TPSA) is 66.5 Å². The van der Waals surface area contributed by atoms with Crippen molar-refractivity contribution in [2.45, 2.75) is 24.4 Å². The molecule has 1 N–H and O–H groups in total. The fraction of sp³-hybridized carbons (Fsp3) is 0.208. The summed E-state index contributed by atoms with van der Waals surface area (Å²) >= 11 is 0. The number of halogens is 3. The normalized spacial score (nSPS) is 11.9. The number of carbonyl (C=O) groups is 1. The van der Waals surface area contributed by atoms with Crippen molar-refractivity contribution in [2.24, 2.45) is 0 Å². The van der Waals surface area contributed by atoms with Crippen LogP contribution in [0.15, 0.2) is 83.8 Å². The number of aryl methyl sites for hydroxylation is 1. The van der Waals surface area contributed by atoms with Gasteiger partial charge in [0, 0.05) is 24.3 Å². The van der Waals surface area contributed by atoms with Crippen LogP contribution in [0.4, 0.5) is 18.9 Å². The van der Waals surface area contributed by atoms with Crippen LogP contribution in [0.1, 0.15) is 27.9 Å². The second kappa shape index (κ2) is 10.2. The molecule has 3 aromatic carbocycles. The van der Waals surface area contributed by atoms with Crippen molar-refractivity contribution in [2.75, 3.05) is 18.0 Å². The fourth-order valence-electron chi connectivity index (χ4n) is 3.28. The van der Waals surface area contributed by atoms with Crippen molar-refractivity contribution < 1.29 is 26.4 Å². The molecular weight excluding hydrogens is 453 g/mol. The summed E-state index contributed by atoms with van der Waals surface area (Å²) in [6.45, 7) is 1.77. The Hall–Kier alpha value is -3.17. The number of rotatable bonds is 8. The number of hydrogen-bond acceptors (Lipinski definition) is 3. The molecule has 0 aromatic heterocycles. The Morgan fingerprint density at radius 1 is 0.939 bits per heavy atom. The highest BCUT2D eigenvalue weighted by Gasteiger charge is 2.31. The van der Waals surface area contributed by atoms with Gasteiger partial charge in [0.15, 0.2) is 0 Å². The maximum absolute atomic E-state index is 13.2. The predicted octanol–water partition coefficient (Wildman–Crippen LogP) is 5.03. The van der Waals surface area contributed by atoms with Gasteiger partial charge in [0.1, 0.15) is 0 Å². The van der Waals surface area contributed by atoms with Crippen LogP contribution in [0, 0.1) is 6.92 Å². The number of anilines is 1. The molecule has 3 aromatic rings. The standard InChI is InChI=1S/C24H23F3N2O3S/c1-18-9-5-6-14-22(18)23(30)29(20-11-7-10-19(17-20)24(25,26)27)16-8-15-28-33(31,32)21-12-3-2-4-13-21/h2-7,9-14,17,28H,8,15-16H2,1H3. The SMILES string of the molecule is Cc1ccccc1C(=O)N(CCCNS(=O)(=O)c1ccccc1)c1cccc(C(F)(F)F)c1. The number of sulfonamides is 1. The molecule has 0 spiro atoms. The predicted molar refractivity (Wildman–Crippen MR) is 121 cm³/mol. The maximum Gasteiger partial charge on any atom is 0.416 e. The molecule has 0 saturated heterocycles. The second-order valence-corrected chi connectivity index (χ2v) is 9.15. The van der Waals surface area contributed by atoms with Crippen LogP contribution in [0.2, 0.25) is 0 Å². The Kier molecular flexibility index (Phi) is 7.55. The van der Waals surface area contributed by atoms with Crippen molar-refractivity contribution in [3.05, 3.63) is 95.6 Å². The monoisotopic (exact) mass is 476 g/mol. The number of carbonyl (C=O) groups excluding carboxylic acids is 1. The molecule has 33 heavy (non-hydrogen) atoms. The van der Waals surface area contributed by atoms with Gasteiger partial charge >= 0.3 is 6.18 Å². The van der Waals surface area contributed by atoms with Crippen LogP contribution in [-0.2, 0) is 16.2 Å². The lowest BCUT2D eigenvalue weighted by Gasteiger charge is -2.25. The minimum atomic E-state index is -4.56. The van der Waals surface area contributed by atoms with Gasteiger partial charge in [-0.1, -0.05) is 42.5 Å². The van der Waals surface area contributed by atoms with Crippen LogP contribution in [0.3, 0.4) is 0 Å². The molecule has 174 valence electrons. The Bertz CT molecular complexity index is 1210. The summed E-state index contributed by atoms with van der Waals surface area (Å²) in [7, 11) is -3.73. The molecule has 0 radical (unpaired) electrons. The van der Waals surface area contributed by atoms with E-state index in [-0.39, 0.29) is 30.1 Å². The molecule has 0 atom stereocenters. The molecule has 0 aliphatic heterocycles. The van der Waals surface area contributed by atoms with E-state index in [0.29, 0.717) is 11.1 Å². The molecule has 0 heterocycles. The number of nitrogens with one attached hydrogen (secondary N) is 1. The van der Waals surface area contributed by atoms with Gasteiger partial charge in [0.05, 0.1) is 10.5 Å². The van der Waals surface area contributed by atoms with Crippen molar-refractivity contribution in [1.29, 1.82) is 0 Å². The first-order valence-electron chi connectivity index (χ1n) is 10.2. The van der Waals surface area contributed by atoms with Gasteiger partial charge in [-0.2, -0.15) is 13.2 Å². The number of hydrogen-bond donors (Lipinski definition) is 1. The average Bonchev–Trinajstić information content (AvgIpc) is 2.79. The van der Waals surface area contributed by atoms with Crippen LogP contribution >= 0.6 is 0 Å². The summed E-state index contributed by atoms with van der Waals surface area (Å²) in [5, 5.41) is 0. The number of amides is 1. The molecule has 0 unspecified atom stereocenters. The summed E-state index contributed by atoms with van der Waals surface area (Å²) in [5.74, 6) is -0.460. The third-order valence-electron chi connectivity index (χ3n) is 5.01. The molecule has 0 aliphatic rings. The average molecular weight is 477 g/mol. The smallest absolute Gasteiger partial charge is 0.308 e. The summed E-state index contributed by atoms with van der Waals surface area (Å²) < 4.78 is 66.9. The summed E-state index contributed by atoms with van der Waals surface area (Å²) in [6.07, 6.45) is -4.36. The Labute approximate surface area is 190 Å². The first-order valence-corrected chi connectivity index (χ1v) is 11.7. The van der Waals surface area contributed by atoms with Gasteiger partial charge in [-0.3, -0.25) is 4.79 Å². The Balaban J connectivity index is 1.81. The third kappa shape index (κ3) is 6.21. The first kappa shape index (κ1) is 24.5. The zero-order valence-corrected chi connectivity index (χ0v) is 18.7. The molecule has 9 heteroatoms. The molecule has 0 bridgehead atoms. The van der Waals surface area contributed by atoms with Gasteiger partial charge in [-0.15, -0.1) is 0 Å². The minimum absolute atomic E-state index is 0.00768. The third-order valence-corrected chi connectivity index (χ3v) is 6.49. The van der Waals surface area contributed by atoms with E-state index in [1.54, 1.807) is 49.4 Å². The highest BCUT2D eigenvalue weighted by molar-refractivity contribution is 7.89. The van der Waals surface area contributed by atoms with Gasteiger partial charge in [-0.25, -0.2) is 13.1 Å². The highest BCUT2D eigenvalue weighted by Crippen LogP contribution is 2.32. The van der Waals surface area contributed by atoms with E-state index in [0.717, 1.165) is 12.1 Å².